The monoisotopic (exact) mass is 481 g/mol. The zero-order valence-corrected chi connectivity index (χ0v) is 19.5. The highest BCUT2D eigenvalue weighted by molar-refractivity contribution is 6.33. The summed E-state index contributed by atoms with van der Waals surface area (Å²) in [4.78, 5) is 24.4. The Morgan fingerprint density at radius 2 is 1.59 bits per heavy atom. The second kappa shape index (κ2) is 10.1. The number of carbonyl (C=O) groups excluding carboxylic acids is 1. The molecule has 1 amide bonds. The minimum Gasteiger partial charge on any atom is -0.493 e. The lowest BCUT2D eigenvalue weighted by atomic mass is 9.98. The third-order valence-electron chi connectivity index (χ3n) is 5.92. The Morgan fingerprint density at radius 3 is 2.15 bits per heavy atom. The van der Waals surface area contributed by atoms with Gasteiger partial charge in [0.2, 0.25) is 0 Å². The van der Waals surface area contributed by atoms with Crippen LogP contribution in [0, 0.1) is 0 Å². The number of benzene rings is 3. The largest absolute Gasteiger partial charge is 0.493 e. The Balaban J connectivity index is 1.45. The van der Waals surface area contributed by atoms with Gasteiger partial charge in [0.05, 0.1) is 19.2 Å². The molecular weight excluding hydrogens is 458 g/mol. The molecule has 34 heavy (non-hydrogen) atoms. The normalized spacial score (nSPS) is 12.9. The molecule has 3 aromatic carbocycles. The summed E-state index contributed by atoms with van der Waals surface area (Å²) in [7, 11) is 2.92. The SMILES string of the molecule is COc1ccc(CC(NC(=O)OCC2c3ccccc3-c3ccccc32)C(=O)O)c(Cl)c1OC. The maximum atomic E-state index is 12.6. The van der Waals surface area contributed by atoms with E-state index in [1.807, 2.05) is 48.5 Å². The van der Waals surface area contributed by atoms with E-state index in [0.717, 1.165) is 22.3 Å². The number of carboxylic acids is 1. The van der Waals surface area contributed by atoms with Crippen LogP contribution in [-0.2, 0) is 16.0 Å². The van der Waals surface area contributed by atoms with E-state index in [2.05, 4.69) is 5.32 Å². The molecule has 2 N–H and O–H groups in total. The number of carbonyl (C=O) groups is 2. The Hall–Kier alpha value is -3.71. The summed E-state index contributed by atoms with van der Waals surface area (Å²) in [6, 6.07) is 18.0. The van der Waals surface area contributed by atoms with Gasteiger partial charge in [0, 0.05) is 12.3 Å². The number of aliphatic carboxylic acids is 1. The smallest absolute Gasteiger partial charge is 0.407 e. The van der Waals surface area contributed by atoms with Crippen molar-refractivity contribution in [1.29, 1.82) is 0 Å². The summed E-state index contributed by atoms with van der Waals surface area (Å²) in [5.41, 5.74) is 4.86. The maximum absolute atomic E-state index is 12.6. The van der Waals surface area contributed by atoms with Crippen molar-refractivity contribution in [3.05, 3.63) is 82.4 Å². The number of alkyl carbamates (subject to hydrolysis) is 1. The first kappa shape index (κ1) is 23.4. The standard InChI is InChI=1S/C26H24ClNO6/c1-32-22-12-11-15(23(27)24(22)33-2)13-21(25(29)30)28-26(31)34-14-20-18-9-5-3-7-16(18)17-8-4-6-10-19(17)20/h3-12,20-21H,13-14H2,1-2H3,(H,28,31)(H,29,30). The molecule has 0 bridgehead atoms. The van der Waals surface area contributed by atoms with E-state index in [-0.39, 0.29) is 24.0 Å². The van der Waals surface area contributed by atoms with Crippen molar-refractivity contribution in [2.24, 2.45) is 0 Å². The van der Waals surface area contributed by atoms with E-state index < -0.39 is 18.1 Å². The van der Waals surface area contributed by atoms with Gasteiger partial charge in [0.1, 0.15) is 12.6 Å². The van der Waals surface area contributed by atoms with Gasteiger partial charge in [0.15, 0.2) is 11.5 Å². The number of rotatable bonds is 8. The number of fused-ring (bicyclic) bond motifs is 3. The summed E-state index contributed by atoms with van der Waals surface area (Å²) < 4.78 is 16.0. The van der Waals surface area contributed by atoms with Gasteiger partial charge in [-0.05, 0) is 33.9 Å². The van der Waals surface area contributed by atoms with Gasteiger partial charge >= 0.3 is 12.1 Å². The van der Waals surface area contributed by atoms with Gasteiger partial charge < -0.3 is 24.6 Å². The van der Waals surface area contributed by atoms with E-state index in [4.69, 9.17) is 25.8 Å². The first-order chi connectivity index (χ1) is 16.4. The highest BCUT2D eigenvalue weighted by Crippen LogP contribution is 2.44. The third-order valence-corrected chi connectivity index (χ3v) is 6.34. The summed E-state index contributed by atoms with van der Waals surface area (Å²) in [5.74, 6) is -0.611. The fourth-order valence-corrected chi connectivity index (χ4v) is 4.60. The van der Waals surface area contributed by atoms with Crippen molar-refractivity contribution < 1.29 is 28.9 Å². The summed E-state index contributed by atoms with van der Waals surface area (Å²) >= 11 is 6.38. The fraction of sp³-hybridized carbons (Fsp3) is 0.231. The van der Waals surface area contributed by atoms with Crippen molar-refractivity contribution in [1.82, 2.24) is 5.32 Å². The van der Waals surface area contributed by atoms with Crippen molar-refractivity contribution in [2.75, 3.05) is 20.8 Å². The molecule has 0 fully saturated rings. The number of hydrogen-bond donors (Lipinski definition) is 2. The second-order valence-electron chi connectivity index (χ2n) is 7.84. The van der Waals surface area contributed by atoms with Crippen molar-refractivity contribution in [2.45, 2.75) is 18.4 Å². The number of nitrogens with one attached hydrogen (secondary N) is 1. The topological polar surface area (TPSA) is 94.1 Å². The summed E-state index contributed by atoms with van der Waals surface area (Å²) in [6.45, 7) is 0.0866. The van der Waals surface area contributed by atoms with E-state index in [1.54, 1.807) is 12.1 Å². The molecule has 0 saturated carbocycles. The zero-order chi connectivity index (χ0) is 24.2. The molecule has 1 aliphatic carbocycles. The van der Waals surface area contributed by atoms with Gasteiger partial charge in [-0.15, -0.1) is 0 Å². The van der Waals surface area contributed by atoms with Crippen LogP contribution in [0.25, 0.3) is 11.1 Å². The van der Waals surface area contributed by atoms with Gasteiger partial charge in [0.25, 0.3) is 0 Å². The van der Waals surface area contributed by atoms with E-state index >= 15 is 0 Å². The van der Waals surface area contributed by atoms with Crippen LogP contribution < -0.4 is 14.8 Å². The average molecular weight is 482 g/mol. The number of amides is 1. The molecule has 1 aliphatic rings. The molecule has 1 atom stereocenters. The predicted octanol–water partition coefficient (Wildman–Crippen LogP) is 4.89. The molecule has 3 aromatic rings. The lowest BCUT2D eigenvalue weighted by Gasteiger charge is -2.19. The van der Waals surface area contributed by atoms with E-state index in [1.165, 1.54) is 14.2 Å². The number of halogens is 1. The molecule has 4 rings (SSSR count). The average Bonchev–Trinajstić information content (AvgIpc) is 3.16. The predicted molar refractivity (Wildman–Crippen MR) is 128 cm³/mol. The van der Waals surface area contributed by atoms with E-state index in [0.29, 0.717) is 17.1 Å². The second-order valence-corrected chi connectivity index (χ2v) is 8.22. The summed E-state index contributed by atoms with van der Waals surface area (Å²) in [6.07, 6.45) is -0.871. The molecule has 0 spiro atoms. The highest BCUT2D eigenvalue weighted by atomic mass is 35.5. The Kier molecular flexibility index (Phi) is 6.93. The number of carboxylic acid groups (broad SMARTS) is 1. The maximum Gasteiger partial charge on any atom is 0.407 e. The molecule has 0 heterocycles. The molecule has 176 valence electrons. The fourth-order valence-electron chi connectivity index (χ4n) is 4.29. The van der Waals surface area contributed by atoms with Crippen molar-refractivity contribution in [3.8, 4) is 22.6 Å². The highest BCUT2D eigenvalue weighted by Gasteiger charge is 2.30. The van der Waals surface area contributed by atoms with Crippen LogP contribution in [0.2, 0.25) is 5.02 Å². The molecule has 8 heteroatoms. The molecular formula is C26H24ClNO6. The zero-order valence-electron chi connectivity index (χ0n) is 18.7. The first-order valence-corrected chi connectivity index (χ1v) is 11.1. The van der Waals surface area contributed by atoms with Crippen LogP contribution in [0.4, 0.5) is 4.79 Å². The van der Waals surface area contributed by atoms with Gasteiger partial charge in [-0.25, -0.2) is 9.59 Å². The van der Waals surface area contributed by atoms with Crippen molar-refractivity contribution in [3.63, 3.8) is 0 Å². The van der Waals surface area contributed by atoms with Crippen LogP contribution in [0.3, 0.4) is 0 Å². The lowest BCUT2D eigenvalue weighted by Crippen LogP contribution is -2.43. The molecule has 0 aliphatic heterocycles. The Labute approximate surface area is 202 Å². The third kappa shape index (κ3) is 4.52. The minimum absolute atomic E-state index is 0.0568. The van der Waals surface area contributed by atoms with Gasteiger partial charge in [-0.3, -0.25) is 0 Å². The van der Waals surface area contributed by atoms with Crippen LogP contribution in [-0.4, -0.2) is 44.0 Å². The molecule has 7 nitrogen and oxygen atoms in total. The van der Waals surface area contributed by atoms with Crippen LogP contribution in [0.1, 0.15) is 22.6 Å². The van der Waals surface area contributed by atoms with Crippen LogP contribution in [0.5, 0.6) is 11.5 Å². The van der Waals surface area contributed by atoms with E-state index in [9.17, 15) is 14.7 Å². The molecule has 1 unspecified atom stereocenters. The first-order valence-electron chi connectivity index (χ1n) is 10.7. The Morgan fingerprint density at radius 1 is 0.971 bits per heavy atom. The molecule has 0 saturated heterocycles. The minimum atomic E-state index is -1.24. The van der Waals surface area contributed by atoms with Gasteiger partial charge in [-0.2, -0.15) is 0 Å². The lowest BCUT2D eigenvalue weighted by molar-refractivity contribution is -0.139. The number of methoxy groups -OCH3 is 2. The number of ether oxygens (including phenoxy) is 3. The van der Waals surface area contributed by atoms with Crippen LogP contribution >= 0.6 is 11.6 Å². The number of hydrogen-bond acceptors (Lipinski definition) is 5. The van der Waals surface area contributed by atoms with Gasteiger partial charge in [-0.1, -0.05) is 66.2 Å². The molecule has 0 aromatic heterocycles. The Bertz CT molecular complexity index is 1180. The molecule has 0 radical (unpaired) electrons. The quantitative estimate of drug-likeness (QED) is 0.475. The van der Waals surface area contributed by atoms with Crippen LogP contribution in [0.15, 0.2) is 60.7 Å². The summed E-state index contributed by atoms with van der Waals surface area (Å²) in [5, 5.41) is 12.3. The van der Waals surface area contributed by atoms with Crippen molar-refractivity contribution >= 4 is 23.7 Å².